The van der Waals surface area contributed by atoms with Gasteiger partial charge in [0.1, 0.15) is 0 Å². The van der Waals surface area contributed by atoms with Crippen molar-refractivity contribution < 1.29 is 9.90 Å². The average Bonchev–Trinajstić information content (AvgIpc) is 2.17. The molecule has 1 aromatic carbocycles. The Morgan fingerprint density at radius 2 is 2.13 bits per heavy atom. The highest BCUT2D eigenvalue weighted by Crippen LogP contribution is 2.20. The Morgan fingerprint density at radius 3 is 2.80 bits per heavy atom. The minimum atomic E-state index is -0.970. The molecular formula is C11H8ClNO2. The summed E-state index contributed by atoms with van der Waals surface area (Å²) in [7, 11) is 0. The molecule has 4 heteroatoms. The summed E-state index contributed by atoms with van der Waals surface area (Å²) >= 11 is 5.82. The van der Waals surface area contributed by atoms with Gasteiger partial charge in [-0.1, -0.05) is 11.6 Å². The van der Waals surface area contributed by atoms with E-state index in [1.165, 1.54) is 0 Å². The smallest absolute Gasteiger partial charge is 0.337 e. The molecule has 3 nitrogen and oxygen atoms in total. The molecule has 1 N–H and O–H groups in total. The molecule has 0 aliphatic heterocycles. The molecule has 0 fully saturated rings. The molecule has 0 saturated carbocycles. The normalized spacial score (nSPS) is 10.5. The summed E-state index contributed by atoms with van der Waals surface area (Å²) in [5.41, 5.74) is 1.48. The quantitative estimate of drug-likeness (QED) is 0.806. The van der Waals surface area contributed by atoms with E-state index < -0.39 is 5.97 Å². The number of rotatable bonds is 1. The van der Waals surface area contributed by atoms with Crippen LogP contribution in [0.25, 0.3) is 10.9 Å². The Morgan fingerprint density at radius 1 is 1.40 bits per heavy atom. The van der Waals surface area contributed by atoms with Crippen LogP contribution in [-0.2, 0) is 0 Å². The molecule has 0 amide bonds. The van der Waals surface area contributed by atoms with Crippen molar-refractivity contribution in [1.29, 1.82) is 0 Å². The van der Waals surface area contributed by atoms with Gasteiger partial charge in [-0.2, -0.15) is 0 Å². The first-order valence-electron chi connectivity index (χ1n) is 4.38. The fourth-order valence-corrected chi connectivity index (χ4v) is 1.64. The van der Waals surface area contributed by atoms with Crippen LogP contribution in [0.4, 0.5) is 0 Å². The Balaban J connectivity index is 2.77. The molecule has 0 aliphatic rings. The van der Waals surface area contributed by atoms with E-state index in [0.717, 1.165) is 10.9 Å². The van der Waals surface area contributed by atoms with Crippen molar-refractivity contribution in [3.8, 4) is 0 Å². The molecule has 15 heavy (non-hydrogen) atoms. The molecule has 76 valence electrons. The lowest BCUT2D eigenvalue weighted by atomic mass is 10.1. The molecule has 2 rings (SSSR count). The Kier molecular flexibility index (Phi) is 2.32. The van der Waals surface area contributed by atoms with E-state index in [2.05, 4.69) is 4.98 Å². The van der Waals surface area contributed by atoms with E-state index >= 15 is 0 Å². The lowest BCUT2D eigenvalue weighted by Gasteiger charge is -2.03. The van der Waals surface area contributed by atoms with Crippen molar-refractivity contribution >= 4 is 28.5 Å². The van der Waals surface area contributed by atoms with E-state index in [9.17, 15) is 4.79 Å². The summed E-state index contributed by atoms with van der Waals surface area (Å²) in [5, 5.41) is 10.2. The molecule has 0 unspecified atom stereocenters. The number of hydrogen-bond donors (Lipinski definition) is 1. The average molecular weight is 222 g/mol. The van der Waals surface area contributed by atoms with Crippen LogP contribution < -0.4 is 0 Å². The lowest BCUT2D eigenvalue weighted by Crippen LogP contribution is -2.01. The van der Waals surface area contributed by atoms with Crippen LogP contribution in [0.3, 0.4) is 0 Å². The highest BCUT2D eigenvalue weighted by Gasteiger charge is 2.09. The maximum atomic E-state index is 10.9. The van der Waals surface area contributed by atoms with Gasteiger partial charge in [0, 0.05) is 10.4 Å². The highest BCUT2D eigenvalue weighted by atomic mass is 35.5. The van der Waals surface area contributed by atoms with Crippen LogP contribution >= 0.6 is 11.6 Å². The van der Waals surface area contributed by atoms with Crippen LogP contribution in [0.5, 0.6) is 0 Å². The van der Waals surface area contributed by atoms with Gasteiger partial charge in [-0.05, 0) is 31.2 Å². The number of halogens is 1. The van der Waals surface area contributed by atoms with Gasteiger partial charge < -0.3 is 5.11 Å². The zero-order valence-corrected chi connectivity index (χ0v) is 8.75. The molecule has 1 heterocycles. The van der Waals surface area contributed by atoms with Crippen molar-refractivity contribution in [3.63, 3.8) is 0 Å². The second kappa shape index (κ2) is 3.51. The number of hydrogen-bond acceptors (Lipinski definition) is 2. The molecule has 0 spiro atoms. The zero-order valence-electron chi connectivity index (χ0n) is 7.99. The predicted octanol–water partition coefficient (Wildman–Crippen LogP) is 2.89. The van der Waals surface area contributed by atoms with E-state index in [1.54, 1.807) is 31.2 Å². The molecule has 1 aromatic heterocycles. The van der Waals surface area contributed by atoms with Gasteiger partial charge in [-0.3, -0.25) is 4.98 Å². The number of pyridine rings is 1. The summed E-state index contributed by atoms with van der Waals surface area (Å²) in [4.78, 5) is 15.1. The van der Waals surface area contributed by atoms with Gasteiger partial charge in [0.2, 0.25) is 0 Å². The summed E-state index contributed by atoms with van der Waals surface area (Å²) in [6, 6.07) is 6.80. The molecular weight excluding hydrogens is 214 g/mol. The first-order valence-corrected chi connectivity index (χ1v) is 4.76. The number of fused-ring (bicyclic) bond motifs is 1. The number of benzene rings is 1. The number of aromatic nitrogens is 1. The highest BCUT2D eigenvalue weighted by molar-refractivity contribution is 6.31. The second-order valence-electron chi connectivity index (χ2n) is 3.26. The van der Waals surface area contributed by atoms with Crippen molar-refractivity contribution in [2.24, 2.45) is 0 Å². The molecule has 0 saturated heterocycles. The van der Waals surface area contributed by atoms with Crippen LogP contribution in [0.1, 0.15) is 16.1 Å². The van der Waals surface area contributed by atoms with Gasteiger partial charge in [0.15, 0.2) is 0 Å². The number of carbonyl (C=O) groups is 1. The third kappa shape index (κ3) is 1.78. The summed E-state index contributed by atoms with van der Waals surface area (Å²) in [6.07, 6.45) is 0. The number of nitrogens with zero attached hydrogens (tertiary/aromatic N) is 1. The third-order valence-corrected chi connectivity index (χ3v) is 2.43. The standard InChI is InChI=1S/C11H8ClNO2/c1-6-9(11(14)15)5-7-4-8(12)2-3-10(7)13-6/h2-5H,1H3,(H,14,15). The van der Waals surface area contributed by atoms with Crippen molar-refractivity contribution in [1.82, 2.24) is 4.98 Å². The van der Waals surface area contributed by atoms with Gasteiger partial charge in [-0.15, -0.1) is 0 Å². The number of carboxylic acid groups (broad SMARTS) is 1. The largest absolute Gasteiger partial charge is 0.478 e. The van der Waals surface area contributed by atoms with Gasteiger partial charge in [0.05, 0.1) is 16.8 Å². The number of carboxylic acids is 1. The van der Waals surface area contributed by atoms with Crippen LogP contribution in [0.2, 0.25) is 5.02 Å². The Labute approximate surface area is 91.3 Å². The third-order valence-electron chi connectivity index (χ3n) is 2.20. The monoisotopic (exact) mass is 221 g/mol. The molecule has 0 atom stereocenters. The molecule has 0 aliphatic carbocycles. The van der Waals surface area contributed by atoms with Crippen LogP contribution in [0.15, 0.2) is 24.3 Å². The van der Waals surface area contributed by atoms with Crippen LogP contribution in [-0.4, -0.2) is 16.1 Å². The first kappa shape index (κ1) is 9.93. The van der Waals surface area contributed by atoms with Crippen molar-refractivity contribution in [2.45, 2.75) is 6.92 Å². The van der Waals surface area contributed by atoms with E-state index in [1.807, 2.05) is 0 Å². The topological polar surface area (TPSA) is 50.2 Å². The van der Waals surface area contributed by atoms with E-state index in [-0.39, 0.29) is 5.56 Å². The van der Waals surface area contributed by atoms with Gasteiger partial charge in [0.25, 0.3) is 0 Å². The molecule has 2 aromatic rings. The Bertz CT molecular complexity index is 552. The first-order chi connectivity index (χ1) is 7.08. The summed E-state index contributed by atoms with van der Waals surface area (Å²) in [5.74, 6) is -0.970. The van der Waals surface area contributed by atoms with Crippen molar-refractivity contribution in [3.05, 3.63) is 40.5 Å². The SMILES string of the molecule is Cc1nc2ccc(Cl)cc2cc1C(=O)O. The molecule has 0 radical (unpaired) electrons. The summed E-state index contributed by atoms with van der Waals surface area (Å²) in [6.45, 7) is 1.68. The number of aromatic carboxylic acids is 1. The molecule has 0 bridgehead atoms. The van der Waals surface area contributed by atoms with Crippen LogP contribution in [0, 0.1) is 6.92 Å². The maximum absolute atomic E-state index is 10.9. The van der Waals surface area contributed by atoms with Crippen molar-refractivity contribution in [2.75, 3.05) is 0 Å². The minimum Gasteiger partial charge on any atom is -0.478 e. The minimum absolute atomic E-state index is 0.213. The fourth-order valence-electron chi connectivity index (χ4n) is 1.46. The van der Waals surface area contributed by atoms with E-state index in [4.69, 9.17) is 16.7 Å². The number of aryl methyl sites for hydroxylation is 1. The predicted molar refractivity (Wildman–Crippen MR) is 58.4 cm³/mol. The zero-order chi connectivity index (χ0) is 11.0. The summed E-state index contributed by atoms with van der Waals surface area (Å²) < 4.78 is 0. The maximum Gasteiger partial charge on any atom is 0.337 e. The van der Waals surface area contributed by atoms with Gasteiger partial charge in [-0.25, -0.2) is 4.79 Å². The Hall–Kier alpha value is -1.61. The van der Waals surface area contributed by atoms with E-state index in [0.29, 0.717) is 10.7 Å². The van der Waals surface area contributed by atoms with Gasteiger partial charge >= 0.3 is 5.97 Å². The second-order valence-corrected chi connectivity index (χ2v) is 3.70. The lowest BCUT2D eigenvalue weighted by molar-refractivity contribution is 0.0696. The fraction of sp³-hybridized carbons (Fsp3) is 0.0909.